The molecule has 1 atom stereocenters. The molecule has 2 aromatic rings. The fraction of sp³-hybridized carbons (Fsp3) is 0.357. The highest BCUT2D eigenvalue weighted by molar-refractivity contribution is 5.92. The van der Waals surface area contributed by atoms with Crippen LogP contribution in [0.3, 0.4) is 0 Å². The number of hydrogen-bond acceptors (Lipinski definition) is 5. The van der Waals surface area contributed by atoms with Crippen molar-refractivity contribution in [1.29, 1.82) is 0 Å². The van der Waals surface area contributed by atoms with Crippen molar-refractivity contribution in [1.82, 2.24) is 15.5 Å². The van der Waals surface area contributed by atoms with Crippen molar-refractivity contribution in [3.63, 3.8) is 0 Å². The molecular formula is C14H16N4O2. The normalized spacial score (nSPS) is 15.8. The third-order valence-electron chi connectivity index (χ3n) is 3.39. The van der Waals surface area contributed by atoms with Gasteiger partial charge in [0, 0.05) is 24.8 Å². The van der Waals surface area contributed by atoms with Gasteiger partial charge < -0.3 is 15.6 Å². The lowest BCUT2D eigenvalue weighted by molar-refractivity contribution is 0.0913. The van der Waals surface area contributed by atoms with Gasteiger partial charge in [-0.05, 0) is 30.9 Å². The molecule has 6 heteroatoms. The zero-order valence-electron chi connectivity index (χ0n) is 11.0. The van der Waals surface area contributed by atoms with Crippen molar-refractivity contribution in [2.45, 2.75) is 18.9 Å². The summed E-state index contributed by atoms with van der Waals surface area (Å²) in [5.74, 6) is 0.429. The number of carbonyl (C=O) groups excluding carboxylic acids is 1. The van der Waals surface area contributed by atoms with Crippen molar-refractivity contribution >= 4 is 5.91 Å². The zero-order chi connectivity index (χ0) is 13.9. The number of aromatic nitrogens is 2. The largest absolute Gasteiger partial charge is 0.350 e. The van der Waals surface area contributed by atoms with Crippen LogP contribution in [0.2, 0.25) is 0 Å². The summed E-state index contributed by atoms with van der Waals surface area (Å²) >= 11 is 0. The summed E-state index contributed by atoms with van der Waals surface area (Å²) < 4.78 is 5.05. The van der Waals surface area contributed by atoms with Gasteiger partial charge in [0.05, 0.1) is 5.69 Å². The molecule has 1 saturated carbocycles. The highest BCUT2D eigenvalue weighted by atomic mass is 16.5. The van der Waals surface area contributed by atoms with Gasteiger partial charge in [-0.3, -0.25) is 9.78 Å². The second kappa shape index (κ2) is 5.42. The van der Waals surface area contributed by atoms with Crippen LogP contribution in [-0.4, -0.2) is 28.6 Å². The molecule has 2 aromatic heterocycles. The van der Waals surface area contributed by atoms with E-state index in [0.29, 0.717) is 23.9 Å². The van der Waals surface area contributed by atoms with E-state index in [4.69, 9.17) is 10.3 Å². The van der Waals surface area contributed by atoms with Crippen LogP contribution in [0.4, 0.5) is 0 Å². The Bertz CT molecular complexity index is 592. The number of hydrogen-bond donors (Lipinski definition) is 2. The van der Waals surface area contributed by atoms with E-state index in [1.807, 2.05) is 18.2 Å². The van der Waals surface area contributed by atoms with E-state index in [2.05, 4.69) is 15.5 Å². The van der Waals surface area contributed by atoms with E-state index >= 15 is 0 Å². The minimum atomic E-state index is -0.296. The van der Waals surface area contributed by atoms with Crippen molar-refractivity contribution in [2.24, 2.45) is 11.7 Å². The Hall–Kier alpha value is -2.21. The smallest absolute Gasteiger partial charge is 0.289 e. The second-order valence-corrected chi connectivity index (χ2v) is 5.00. The topological polar surface area (TPSA) is 94.0 Å². The van der Waals surface area contributed by atoms with Crippen molar-refractivity contribution in [3.8, 4) is 11.4 Å². The van der Waals surface area contributed by atoms with E-state index in [1.165, 1.54) is 0 Å². The lowest BCUT2D eigenvalue weighted by Crippen LogP contribution is -2.38. The monoisotopic (exact) mass is 272 g/mol. The third-order valence-corrected chi connectivity index (χ3v) is 3.39. The van der Waals surface area contributed by atoms with Crippen LogP contribution in [0.1, 0.15) is 23.4 Å². The first-order valence-electron chi connectivity index (χ1n) is 6.66. The zero-order valence-corrected chi connectivity index (χ0v) is 11.0. The molecule has 0 bridgehead atoms. The minimum absolute atomic E-state index is 0.0251. The van der Waals surface area contributed by atoms with Gasteiger partial charge in [-0.2, -0.15) is 0 Å². The molecule has 2 heterocycles. The van der Waals surface area contributed by atoms with E-state index in [-0.39, 0.29) is 17.7 Å². The maximum Gasteiger partial charge on any atom is 0.289 e. The van der Waals surface area contributed by atoms with E-state index in [0.717, 1.165) is 12.8 Å². The summed E-state index contributed by atoms with van der Waals surface area (Å²) in [6.45, 7) is 0.461. The Balaban J connectivity index is 1.62. The van der Waals surface area contributed by atoms with Gasteiger partial charge in [-0.25, -0.2) is 0 Å². The average Bonchev–Trinajstić information content (AvgIpc) is 3.22. The Labute approximate surface area is 116 Å². The van der Waals surface area contributed by atoms with Gasteiger partial charge in [0.25, 0.3) is 5.91 Å². The first kappa shape index (κ1) is 12.8. The maximum atomic E-state index is 11.9. The molecule has 1 aliphatic carbocycles. The quantitative estimate of drug-likeness (QED) is 0.853. The minimum Gasteiger partial charge on any atom is -0.350 e. The van der Waals surface area contributed by atoms with Crippen LogP contribution in [0, 0.1) is 5.92 Å². The molecule has 104 valence electrons. The second-order valence-electron chi connectivity index (χ2n) is 5.00. The fourth-order valence-corrected chi connectivity index (χ4v) is 2.01. The molecule has 0 aromatic carbocycles. The number of nitrogens with two attached hydrogens (primary N) is 1. The molecule has 0 saturated heterocycles. The van der Waals surface area contributed by atoms with Gasteiger partial charge in [0.1, 0.15) is 5.69 Å². The summed E-state index contributed by atoms with van der Waals surface area (Å²) in [6, 6.07) is 7.09. The molecule has 1 unspecified atom stereocenters. The average molecular weight is 272 g/mol. The molecule has 0 spiro atoms. The number of rotatable bonds is 5. The summed E-state index contributed by atoms with van der Waals surface area (Å²) in [4.78, 5) is 16.1. The standard InChI is InChI=1S/C14H16N4O2/c15-10(9-4-5-9)8-17-14(19)13-7-12(18-20-13)11-3-1-2-6-16-11/h1-3,6-7,9-10H,4-5,8,15H2,(H,17,19). The van der Waals surface area contributed by atoms with Crippen LogP contribution < -0.4 is 11.1 Å². The lowest BCUT2D eigenvalue weighted by atomic mass is 10.2. The third kappa shape index (κ3) is 2.85. The highest BCUT2D eigenvalue weighted by Crippen LogP contribution is 2.31. The number of carbonyl (C=O) groups is 1. The number of nitrogens with zero attached hydrogens (tertiary/aromatic N) is 2. The SMILES string of the molecule is NC(CNC(=O)c1cc(-c2ccccn2)no1)C1CC1. The van der Waals surface area contributed by atoms with E-state index in [1.54, 1.807) is 12.3 Å². The molecule has 6 nitrogen and oxygen atoms in total. The Morgan fingerprint density at radius 2 is 2.30 bits per heavy atom. The van der Waals surface area contributed by atoms with Gasteiger partial charge in [-0.15, -0.1) is 0 Å². The fourth-order valence-electron chi connectivity index (χ4n) is 2.01. The number of amides is 1. The number of pyridine rings is 1. The lowest BCUT2D eigenvalue weighted by Gasteiger charge is -2.09. The van der Waals surface area contributed by atoms with Crippen LogP contribution in [-0.2, 0) is 0 Å². The van der Waals surface area contributed by atoms with Gasteiger partial charge in [0.15, 0.2) is 0 Å². The number of nitrogens with one attached hydrogen (secondary N) is 1. The molecular weight excluding hydrogens is 256 g/mol. The van der Waals surface area contributed by atoms with Gasteiger partial charge >= 0.3 is 0 Å². The molecule has 3 N–H and O–H groups in total. The summed E-state index contributed by atoms with van der Waals surface area (Å²) in [5, 5.41) is 6.62. The predicted octanol–water partition coefficient (Wildman–Crippen LogP) is 1.20. The molecule has 3 rings (SSSR count). The molecule has 1 fully saturated rings. The van der Waals surface area contributed by atoms with Crippen LogP contribution in [0.15, 0.2) is 35.0 Å². The summed E-state index contributed by atoms with van der Waals surface area (Å²) in [5.41, 5.74) is 7.15. The van der Waals surface area contributed by atoms with Crippen LogP contribution in [0.5, 0.6) is 0 Å². The molecule has 0 aliphatic heterocycles. The molecule has 0 radical (unpaired) electrons. The first-order valence-corrected chi connectivity index (χ1v) is 6.66. The van der Waals surface area contributed by atoms with E-state index in [9.17, 15) is 4.79 Å². The Kier molecular flexibility index (Phi) is 3.47. The Morgan fingerprint density at radius 1 is 1.45 bits per heavy atom. The summed E-state index contributed by atoms with van der Waals surface area (Å²) in [7, 11) is 0. The predicted molar refractivity (Wildman–Crippen MR) is 72.8 cm³/mol. The first-order chi connectivity index (χ1) is 9.74. The Morgan fingerprint density at radius 3 is 3.00 bits per heavy atom. The molecule has 1 aliphatic rings. The van der Waals surface area contributed by atoms with Crippen molar-refractivity contribution in [3.05, 3.63) is 36.2 Å². The maximum absolute atomic E-state index is 11.9. The van der Waals surface area contributed by atoms with Gasteiger partial charge in [-0.1, -0.05) is 11.2 Å². The van der Waals surface area contributed by atoms with Crippen LogP contribution in [0.25, 0.3) is 11.4 Å². The molecule has 20 heavy (non-hydrogen) atoms. The van der Waals surface area contributed by atoms with Crippen molar-refractivity contribution in [2.75, 3.05) is 6.54 Å². The highest BCUT2D eigenvalue weighted by Gasteiger charge is 2.28. The summed E-state index contributed by atoms with van der Waals surface area (Å²) in [6.07, 6.45) is 3.98. The van der Waals surface area contributed by atoms with Crippen molar-refractivity contribution < 1.29 is 9.32 Å². The van der Waals surface area contributed by atoms with Gasteiger partial charge in [0.2, 0.25) is 5.76 Å². The molecule has 1 amide bonds. The van der Waals surface area contributed by atoms with E-state index < -0.39 is 0 Å². The van der Waals surface area contributed by atoms with Crippen LogP contribution >= 0.6 is 0 Å².